The van der Waals surface area contributed by atoms with Gasteiger partial charge in [-0.2, -0.15) is 0 Å². The summed E-state index contributed by atoms with van der Waals surface area (Å²) < 4.78 is 0. The molecule has 0 radical (unpaired) electrons. The first-order valence-electron chi connectivity index (χ1n) is 3.71. The summed E-state index contributed by atoms with van der Waals surface area (Å²) in [6.45, 7) is 0. The number of H-pyrrole nitrogens is 1. The molecule has 1 heterocycles. The Morgan fingerprint density at radius 2 is 2.25 bits per heavy atom. The number of imidazole rings is 1. The van der Waals surface area contributed by atoms with Crippen LogP contribution >= 0.6 is 0 Å². The number of aromatic nitrogens is 2. The molecular weight excluding hydrogens is 150 g/mol. The number of rotatable bonds is 1. The zero-order valence-corrected chi connectivity index (χ0v) is 6.49. The summed E-state index contributed by atoms with van der Waals surface area (Å²) in [4.78, 5) is 7.01. The molecule has 0 spiro atoms. The van der Waals surface area contributed by atoms with Crippen molar-refractivity contribution in [3.63, 3.8) is 0 Å². The Morgan fingerprint density at radius 1 is 1.33 bits per heavy atom. The molecule has 3 N–H and O–H groups in total. The first-order valence-corrected chi connectivity index (χ1v) is 3.71. The van der Waals surface area contributed by atoms with Crippen LogP contribution in [0.5, 0.6) is 0 Å². The van der Waals surface area contributed by atoms with Crippen LogP contribution in [0.3, 0.4) is 0 Å². The Hall–Kier alpha value is -1.77. The van der Waals surface area contributed by atoms with Crippen LogP contribution in [0.2, 0.25) is 0 Å². The first-order chi connectivity index (χ1) is 5.86. The number of aromatic amines is 1. The minimum Gasteiger partial charge on any atom is -0.399 e. The van der Waals surface area contributed by atoms with Crippen molar-refractivity contribution in [2.45, 2.75) is 0 Å². The summed E-state index contributed by atoms with van der Waals surface area (Å²) in [7, 11) is 0. The SMILES string of the molecule is Nc1cccc(-c2c[nH]cn2)c1. The van der Waals surface area contributed by atoms with Gasteiger partial charge < -0.3 is 10.7 Å². The zero-order chi connectivity index (χ0) is 8.39. The Labute approximate surface area is 70.3 Å². The lowest BCUT2D eigenvalue weighted by Crippen LogP contribution is -1.84. The van der Waals surface area contributed by atoms with Crippen molar-refractivity contribution < 1.29 is 0 Å². The molecule has 0 saturated carbocycles. The van der Waals surface area contributed by atoms with Gasteiger partial charge >= 0.3 is 0 Å². The van der Waals surface area contributed by atoms with E-state index in [1.807, 2.05) is 30.5 Å². The van der Waals surface area contributed by atoms with Gasteiger partial charge in [-0.3, -0.25) is 0 Å². The second-order valence-corrected chi connectivity index (χ2v) is 2.58. The highest BCUT2D eigenvalue weighted by molar-refractivity contribution is 5.62. The van der Waals surface area contributed by atoms with Crippen LogP contribution in [-0.2, 0) is 0 Å². The molecule has 1 aromatic heterocycles. The van der Waals surface area contributed by atoms with Crippen molar-refractivity contribution >= 4 is 5.69 Å². The lowest BCUT2D eigenvalue weighted by Gasteiger charge is -1.96. The summed E-state index contributed by atoms with van der Waals surface area (Å²) in [5.74, 6) is 0. The fourth-order valence-corrected chi connectivity index (χ4v) is 1.12. The third-order valence-corrected chi connectivity index (χ3v) is 1.68. The lowest BCUT2D eigenvalue weighted by atomic mass is 10.1. The highest BCUT2D eigenvalue weighted by atomic mass is 14.9. The summed E-state index contributed by atoms with van der Waals surface area (Å²) in [5.41, 5.74) is 8.34. The van der Waals surface area contributed by atoms with Gasteiger partial charge in [-0.1, -0.05) is 12.1 Å². The average molecular weight is 159 g/mol. The van der Waals surface area contributed by atoms with Crippen molar-refractivity contribution in [3.05, 3.63) is 36.8 Å². The third-order valence-electron chi connectivity index (χ3n) is 1.68. The van der Waals surface area contributed by atoms with Crippen LogP contribution in [0, 0.1) is 0 Å². The van der Waals surface area contributed by atoms with Crippen molar-refractivity contribution in [1.29, 1.82) is 0 Å². The Kier molecular flexibility index (Phi) is 1.55. The fourth-order valence-electron chi connectivity index (χ4n) is 1.12. The zero-order valence-electron chi connectivity index (χ0n) is 6.49. The normalized spacial score (nSPS) is 10.0. The number of hydrogen-bond donors (Lipinski definition) is 2. The van der Waals surface area contributed by atoms with Gasteiger partial charge in [0, 0.05) is 17.4 Å². The molecule has 0 fully saturated rings. The number of hydrogen-bond acceptors (Lipinski definition) is 2. The minimum atomic E-state index is 0.760. The van der Waals surface area contributed by atoms with Gasteiger partial charge in [-0.05, 0) is 12.1 Å². The van der Waals surface area contributed by atoms with E-state index < -0.39 is 0 Å². The van der Waals surface area contributed by atoms with Gasteiger partial charge in [0.05, 0.1) is 12.0 Å². The number of nitrogens with one attached hydrogen (secondary N) is 1. The Balaban J connectivity index is 2.48. The fraction of sp³-hybridized carbons (Fsp3) is 0. The van der Waals surface area contributed by atoms with E-state index in [1.54, 1.807) is 6.33 Å². The second kappa shape index (κ2) is 2.70. The first kappa shape index (κ1) is 6.91. The van der Waals surface area contributed by atoms with E-state index in [4.69, 9.17) is 5.73 Å². The lowest BCUT2D eigenvalue weighted by molar-refractivity contribution is 1.31. The summed E-state index contributed by atoms with van der Waals surface area (Å²) >= 11 is 0. The quantitative estimate of drug-likeness (QED) is 0.622. The highest BCUT2D eigenvalue weighted by Crippen LogP contribution is 2.17. The van der Waals surface area contributed by atoms with Gasteiger partial charge in [0.2, 0.25) is 0 Å². The van der Waals surface area contributed by atoms with Gasteiger partial charge in [0.25, 0.3) is 0 Å². The number of nitrogens with zero attached hydrogens (tertiary/aromatic N) is 1. The van der Waals surface area contributed by atoms with Gasteiger partial charge in [-0.25, -0.2) is 4.98 Å². The predicted molar refractivity (Wildman–Crippen MR) is 48.4 cm³/mol. The molecule has 2 rings (SSSR count). The number of benzene rings is 1. The minimum absolute atomic E-state index is 0.760. The highest BCUT2D eigenvalue weighted by Gasteiger charge is 1.97. The predicted octanol–water partition coefficient (Wildman–Crippen LogP) is 1.66. The van der Waals surface area contributed by atoms with E-state index in [0.29, 0.717) is 0 Å². The van der Waals surface area contributed by atoms with Gasteiger partial charge in [0.1, 0.15) is 0 Å². The third kappa shape index (κ3) is 1.16. The molecule has 0 amide bonds. The average Bonchev–Trinajstić information content (AvgIpc) is 2.56. The molecule has 0 atom stereocenters. The van der Waals surface area contributed by atoms with E-state index in [1.165, 1.54) is 0 Å². The van der Waals surface area contributed by atoms with Crippen molar-refractivity contribution in [2.24, 2.45) is 0 Å². The molecule has 2 aromatic rings. The van der Waals surface area contributed by atoms with Crippen LogP contribution in [0.25, 0.3) is 11.3 Å². The van der Waals surface area contributed by atoms with Crippen LogP contribution < -0.4 is 5.73 Å². The van der Waals surface area contributed by atoms with Crippen LogP contribution in [0.15, 0.2) is 36.8 Å². The van der Waals surface area contributed by atoms with E-state index in [2.05, 4.69) is 9.97 Å². The van der Waals surface area contributed by atoms with E-state index >= 15 is 0 Å². The molecule has 0 aliphatic heterocycles. The molecule has 0 aliphatic carbocycles. The number of nitrogens with two attached hydrogens (primary N) is 1. The van der Waals surface area contributed by atoms with E-state index in [0.717, 1.165) is 16.9 Å². The maximum Gasteiger partial charge on any atom is 0.0927 e. The largest absolute Gasteiger partial charge is 0.399 e. The second-order valence-electron chi connectivity index (χ2n) is 2.58. The number of nitrogen functional groups attached to an aromatic ring is 1. The van der Waals surface area contributed by atoms with E-state index in [-0.39, 0.29) is 0 Å². The summed E-state index contributed by atoms with van der Waals surface area (Å²) in [5, 5.41) is 0. The van der Waals surface area contributed by atoms with Crippen LogP contribution in [-0.4, -0.2) is 9.97 Å². The maximum atomic E-state index is 5.63. The molecular formula is C9H9N3. The van der Waals surface area contributed by atoms with E-state index in [9.17, 15) is 0 Å². The van der Waals surface area contributed by atoms with Crippen molar-refractivity contribution in [1.82, 2.24) is 9.97 Å². The molecule has 3 nitrogen and oxygen atoms in total. The van der Waals surface area contributed by atoms with Crippen LogP contribution in [0.4, 0.5) is 5.69 Å². The topological polar surface area (TPSA) is 54.7 Å². The molecule has 0 unspecified atom stereocenters. The van der Waals surface area contributed by atoms with Crippen LogP contribution in [0.1, 0.15) is 0 Å². The maximum absolute atomic E-state index is 5.63. The molecule has 0 bridgehead atoms. The van der Waals surface area contributed by atoms with Gasteiger partial charge in [-0.15, -0.1) is 0 Å². The summed E-state index contributed by atoms with van der Waals surface area (Å²) in [6, 6.07) is 7.65. The van der Waals surface area contributed by atoms with Gasteiger partial charge in [0.15, 0.2) is 0 Å². The monoisotopic (exact) mass is 159 g/mol. The molecule has 60 valence electrons. The molecule has 1 aromatic carbocycles. The number of anilines is 1. The van der Waals surface area contributed by atoms with Crippen molar-refractivity contribution in [3.8, 4) is 11.3 Å². The standard InChI is InChI=1S/C9H9N3/c10-8-3-1-2-7(4-8)9-5-11-6-12-9/h1-6H,10H2,(H,11,12). The molecule has 3 heteroatoms. The van der Waals surface area contributed by atoms with Crippen molar-refractivity contribution in [2.75, 3.05) is 5.73 Å². The molecule has 12 heavy (non-hydrogen) atoms. The molecule has 0 saturated heterocycles. The Morgan fingerprint density at radius 3 is 2.92 bits per heavy atom. The smallest absolute Gasteiger partial charge is 0.0927 e. The summed E-state index contributed by atoms with van der Waals surface area (Å²) in [6.07, 6.45) is 3.49. The molecule has 0 aliphatic rings. The Bertz CT molecular complexity index is 365.